The summed E-state index contributed by atoms with van der Waals surface area (Å²) in [5, 5.41) is 7.57. The average Bonchev–Trinajstić information content (AvgIpc) is 2.99. The molecule has 1 aliphatic heterocycles. The van der Waals surface area contributed by atoms with Gasteiger partial charge in [-0.05, 0) is 37.9 Å². The first-order valence-corrected chi connectivity index (χ1v) is 9.57. The van der Waals surface area contributed by atoms with E-state index >= 15 is 0 Å². The minimum absolute atomic E-state index is 0. The van der Waals surface area contributed by atoms with Gasteiger partial charge < -0.3 is 15.4 Å². The number of hydrogen-bond acceptors (Lipinski definition) is 4. The van der Waals surface area contributed by atoms with Crippen molar-refractivity contribution in [3.05, 3.63) is 0 Å². The lowest BCUT2D eigenvalue weighted by molar-refractivity contribution is 0.0523. The van der Waals surface area contributed by atoms with E-state index in [1.807, 2.05) is 11.8 Å². The van der Waals surface area contributed by atoms with Crippen molar-refractivity contribution in [3.63, 3.8) is 0 Å². The maximum absolute atomic E-state index is 5.66. The fourth-order valence-electron chi connectivity index (χ4n) is 3.76. The van der Waals surface area contributed by atoms with Gasteiger partial charge in [-0.25, -0.2) is 0 Å². The number of nitrogens with one attached hydrogen (secondary N) is 2. The lowest BCUT2D eigenvalue weighted by atomic mass is 9.93. The largest absolute Gasteiger partial charge is 0.379 e. The standard InChI is InChI=1S/C16H32N2OS.ClH/c1-4-16(5-2,20-3)12-18-14-8-6-7-13(14)15-11-19-10-9-17-15;/h13-15,17-18H,4-12H2,1-3H3;1H. The van der Waals surface area contributed by atoms with Crippen LogP contribution in [0, 0.1) is 5.92 Å². The van der Waals surface area contributed by atoms with Crippen molar-refractivity contribution in [3.8, 4) is 0 Å². The first kappa shape index (κ1) is 19.6. The first-order valence-electron chi connectivity index (χ1n) is 8.34. The van der Waals surface area contributed by atoms with Crippen LogP contribution in [0.2, 0.25) is 0 Å². The van der Waals surface area contributed by atoms with Crippen molar-refractivity contribution >= 4 is 24.2 Å². The molecule has 3 atom stereocenters. The Morgan fingerprint density at radius 3 is 2.62 bits per heavy atom. The van der Waals surface area contributed by atoms with E-state index in [-0.39, 0.29) is 12.4 Å². The van der Waals surface area contributed by atoms with Gasteiger partial charge in [0.15, 0.2) is 0 Å². The molecule has 3 unspecified atom stereocenters. The Labute approximate surface area is 141 Å². The molecule has 0 bridgehead atoms. The third-order valence-corrected chi connectivity index (χ3v) is 7.03. The Balaban J connectivity index is 0.00000220. The van der Waals surface area contributed by atoms with E-state index in [0.29, 0.717) is 16.8 Å². The summed E-state index contributed by atoms with van der Waals surface area (Å²) in [5.74, 6) is 0.753. The molecule has 126 valence electrons. The Kier molecular flexibility index (Phi) is 8.96. The molecular weight excluding hydrogens is 304 g/mol. The maximum atomic E-state index is 5.66. The highest BCUT2D eigenvalue weighted by molar-refractivity contribution is 8.00. The molecule has 0 aromatic carbocycles. The molecule has 1 heterocycles. The summed E-state index contributed by atoms with van der Waals surface area (Å²) in [6.07, 6.45) is 8.81. The number of halogens is 1. The lowest BCUT2D eigenvalue weighted by Gasteiger charge is -2.36. The average molecular weight is 337 g/mol. The molecule has 1 saturated heterocycles. The van der Waals surface area contributed by atoms with E-state index in [9.17, 15) is 0 Å². The van der Waals surface area contributed by atoms with Crippen LogP contribution in [0.25, 0.3) is 0 Å². The molecule has 2 aliphatic rings. The van der Waals surface area contributed by atoms with Gasteiger partial charge in [0, 0.05) is 29.9 Å². The molecule has 1 saturated carbocycles. The number of morpholine rings is 1. The van der Waals surface area contributed by atoms with Crippen LogP contribution in [0.1, 0.15) is 46.0 Å². The van der Waals surface area contributed by atoms with Gasteiger partial charge in [-0.1, -0.05) is 20.3 Å². The van der Waals surface area contributed by atoms with Gasteiger partial charge in [0.2, 0.25) is 0 Å². The van der Waals surface area contributed by atoms with Crippen molar-refractivity contribution in [1.82, 2.24) is 10.6 Å². The summed E-state index contributed by atoms with van der Waals surface area (Å²) in [4.78, 5) is 0. The van der Waals surface area contributed by atoms with Crippen LogP contribution in [0.5, 0.6) is 0 Å². The number of hydrogen-bond donors (Lipinski definition) is 2. The molecule has 2 rings (SSSR count). The molecule has 0 aromatic heterocycles. The molecule has 0 amide bonds. The molecule has 2 fully saturated rings. The van der Waals surface area contributed by atoms with Crippen molar-refractivity contribution in [2.24, 2.45) is 5.92 Å². The predicted octanol–water partition coefficient (Wildman–Crippen LogP) is 3.08. The Hall–Kier alpha value is 0.520. The molecule has 0 radical (unpaired) electrons. The minimum atomic E-state index is 0. The Morgan fingerprint density at radius 2 is 2.05 bits per heavy atom. The van der Waals surface area contributed by atoms with Crippen LogP contribution in [0.4, 0.5) is 0 Å². The van der Waals surface area contributed by atoms with E-state index in [1.54, 1.807) is 0 Å². The topological polar surface area (TPSA) is 33.3 Å². The zero-order valence-corrected chi connectivity index (χ0v) is 15.5. The van der Waals surface area contributed by atoms with Crippen LogP contribution in [-0.2, 0) is 4.74 Å². The minimum Gasteiger partial charge on any atom is -0.379 e. The molecule has 3 nitrogen and oxygen atoms in total. The van der Waals surface area contributed by atoms with E-state index in [0.717, 1.165) is 32.2 Å². The Morgan fingerprint density at radius 1 is 1.29 bits per heavy atom. The summed E-state index contributed by atoms with van der Waals surface area (Å²) in [5.41, 5.74) is 0. The second kappa shape index (κ2) is 9.61. The maximum Gasteiger partial charge on any atom is 0.0623 e. The Bertz CT molecular complexity index is 275. The second-order valence-corrected chi connectivity index (χ2v) is 7.59. The summed E-state index contributed by atoms with van der Waals surface area (Å²) >= 11 is 2.03. The van der Waals surface area contributed by atoms with Crippen LogP contribution in [0.15, 0.2) is 0 Å². The molecule has 5 heteroatoms. The number of ether oxygens (including phenoxy) is 1. The fraction of sp³-hybridized carbons (Fsp3) is 1.00. The lowest BCUT2D eigenvalue weighted by Crippen LogP contribution is -2.52. The number of rotatable bonds is 7. The van der Waals surface area contributed by atoms with Crippen LogP contribution in [-0.4, -0.2) is 49.4 Å². The van der Waals surface area contributed by atoms with Crippen LogP contribution < -0.4 is 10.6 Å². The summed E-state index contributed by atoms with van der Waals surface area (Å²) < 4.78 is 6.08. The predicted molar refractivity (Wildman–Crippen MR) is 95.8 cm³/mol. The van der Waals surface area contributed by atoms with Gasteiger partial charge in [-0.15, -0.1) is 12.4 Å². The first-order chi connectivity index (χ1) is 9.74. The summed E-state index contributed by atoms with van der Waals surface area (Å²) in [7, 11) is 0. The van der Waals surface area contributed by atoms with Crippen molar-refractivity contribution in [2.45, 2.75) is 62.8 Å². The van der Waals surface area contributed by atoms with Gasteiger partial charge in [0.05, 0.1) is 13.2 Å². The number of thioether (sulfide) groups is 1. The van der Waals surface area contributed by atoms with Crippen LogP contribution >= 0.6 is 24.2 Å². The quantitative estimate of drug-likeness (QED) is 0.748. The molecule has 0 spiro atoms. The van der Waals surface area contributed by atoms with Gasteiger partial charge in [-0.3, -0.25) is 0 Å². The highest BCUT2D eigenvalue weighted by atomic mass is 35.5. The molecule has 0 aromatic rings. The van der Waals surface area contributed by atoms with Gasteiger partial charge in [0.1, 0.15) is 0 Å². The van der Waals surface area contributed by atoms with Crippen LogP contribution in [0.3, 0.4) is 0 Å². The normalized spacial score (nSPS) is 30.1. The highest BCUT2D eigenvalue weighted by Crippen LogP contribution is 2.33. The van der Waals surface area contributed by atoms with Crippen molar-refractivity contribution < 1.29 is 4.74 Å². The van der Waals surface area contributed by atoms with Gasteiger partial charge >= 0.3 is 0 Å². The fourth-order valence-corrected chi connectivity index (χ4v) is 4.57. The monoisotopic (exact) mass is 336 g/mol. The molecule has 2 N–H and O–H groups in total. The summed E-state index contributed by atoms with van der Waals surface area (Å²) in [6.45, 7) is 8.60. The van der Waals surface area contributed by atoms with E-state index in [4.69, 9.17) is 4.74 Å². The smallest absolute Gasteiger partial charge is 0.0623 e. The third kappa shape index (κ3) is 5.00. The zero-order valence-electron chi connectivity index (χ0n) is 13.8. The molecule has 21 heavy (non-hydrogen) atoms. The van der Waals surface area contributed by atoms with E-state index in [1.165, 1.54) is 32.1 Å². The molecular formula is C16H33ClN2OS. The molecule has 1 aliphatic carbocycles. The zero-order chi connectivity index (χ0) is 14.4. The third-order valence-electron chi connectivity index (χ3n) is 5.44. The highest BCUT2D eigenvalue weighted by Gasteiger charge is 2.36. The van der Waals surface area contributed by atoms with Crippen molar-refractivity contribution in [1.29, 1.82) is 0 Å². The SMILES string of the molecule is CCC(CC)(CNC1CCCC1C1COCCN1)SC.Cl. The summed E-state index contributed by atoms with van der Waals surface area (Å²) in [6, 6.07) is 1.24. The van der Waals surface area contributed by atoms with Gasteiger partial charge in [-0.2, -0.15) is 11.8 Å². The van der Waals surface area contributed by atoms with E-state index in [2.05, 4.69) is 30.7 Å². The second-order valence-electron chi connectivity index (χ2n) is 6.31. The van der Waals surface area contributed by atoms with Crippen molar-refractivity contribution in [2.75, 3.05) is 32.6 Å². The van der Waals surface area contributed by atoms with Gasteiger partial charge in [0.25, 0.3) is 0 Å². The van der Waals surface area contributed by atoms with E-state index < -0.39 is 0 Å².